The minimum Gasteiger partial charge on any atom is -0.493 e. The van der Waals surface area contributed by atoms with Gasteiger partial charge in [-0.15, -0.1) is 0 Å². The minimum atomic E-state index is -0.360. The highest BCUT2D eigenvalue weighted by atomic mass is 16.5. The third kappa shape index (κ3) is 2.49. The van der Waals surface area contributed by atoms with Gasteiger partial charge in [0.15, 0.2) is 0 Å². The van der Waals surface area contributed by atoms with Crippen molar-refractivity contribution in [3.63, 3.8) is 0 Å². The Morgan fingerprint density at radius 2 is 1.87 bits per heavy atom. The second-order valence-corrected chi connectivity index (χ2v) is 3.36. The van der Waals surface area contributed by atoms with Crippen LogP contribution in [0.3, 0.4) is 0 Å². The van der Waals surface area contributed by atoms with Crippen LogP contribution in [0.2, 0.25) is 0 Å². The van der Waals surface area contributed by atoms with Crippen molar-refractivity contribution in [3.05, 3.63) is 28.8 Å². The number of carbonyl (C=O) groups excluding carboxylic acids is 1. The first-order valence-corrected chi connectivity index (χ1v) is 4.92. The Balaban J connectivity index is 3.21. The molecular weight excluding hydrogens is 192 g/mol. The molecule has 0 heterocycles. The third-order valence-corrected chi connectivity index (χ3v) is 2.30. The number of esters is 1. The Kier molecular flexibility index (Phi) is 3.72. The molecule has 0 fully saturated rings. The first kappa shape index (κ1) is 11.6. The molecule has 0 saturated carbocycles. The van der Waals surface area contributed by atoms with Gasteiger partial charge in [0.25, 0.3) is 0 Å². The van der Waals surface area contributed by atoms with E-state index in [0.29, 0.717) is 17.9 Å². The van der Waals surface area contributed by atoms with Crippen LogP contribution in [-0.4, -0.2) is 19.7 Å². The highest BCUT2D eigenvalue weighted by molar-refractivity contribution is 5.92. The predicted molar refractivity (Wildman–Crippen MR) is 58.4 cm³/mol. The zero-order valence-electron chi connectivity index (χ0n) is 9.59. The molecule has 0 amide bonds. The molecule has 1 aromatic carbocycles. The van der Waals surface area contributed by atoms with Crippen LogP contribution in [0.5, 0.6) is 5.75 Å². The summed E-state index contributed by atoms with van der Waals surface area (Å²) in [6.45, 7) is 6.36. The van der Waals surface area contributed by atoms with Crippen LogP contribution in [0, 0.1) is 13.8 Å². The molecule has 0 radical (unpaired) electrons. The first-order chi connectivity index (χ1) is 7.10. The summed E-state index contributed by atoms with van der Waals surface area (Å²) in [5, 5.41) is 0. The molecule has 0 bridgehead atoms. The number of hydrogen-bond acceptors (Lipinski definition) is 3. The second kappa shape index (κ2) is 4.82. The monoisotopic (exact) mass is 208 g/mol. The molecule has 1 rings (SSSR count). The first-order valence-electron chi connectivity index (χ1n) is 4.92. The topological polar surface area (TPSA) is 35.5 Å². The van der Waals surface area contributed by atoms with Crippen LogP contribution >= 0.6 is 0 Å². The van der Waals surface area contributed by atoms with E-state index in [2.05, 4.69) is 0 Å². The van der Waals surface area contributed by atoms with E-state index >= 15 is 0 Å². The Labute approximate surface area is 90.0 Å². The van der Waals surface area contributed by atoms with Gasteiger partial charge >= 0.3 is 5.97 Å². The molecular formula is C12H16O3. The quantitative estimate of drug-likeness (QED) is 0.716. The molecule has 0 atom stereocenters. The fourth-order valence-electron chi connectivity index (χ4n) is 1.33. The third-order valence-electron chi connectivity index (χ3n) is 2.30. The van der Waals surface area contributed by atoms with Crippen molar-refractivity contribution >= 4 is 5.97 Å². The molecule has 3 heteroatoms. The molecule has 1 aromatic rings. The van der Waals surface area contributed by atoms with E-state index in [1.807, 2.05) is 26.8 Å². The van der Waals surface area contributed by atoms with Crippen molar-refractivity contribution < 1.29 is 14.3 Å². The van der Waals surface area contributed by atoms with Gasteiger partial charge in [-0.1, -0.05) is 0 Å². The van der Waals surface area contributed by atoms with E-state index in [1.54, 1.807) is 6.07 Å². The van der Waals surface area contributed by atoms with Gasteiger partial charge in [-0.25, -0.2) is 4.79 Å². The molecule has 0 aromatic heterocycles. The molecule has 0 N–H and O–H groups in total. The maximum atomic E-state index is 11.5. The number of ether oxygens (including phenoxy) is 2. The lowest BCUT2D eigenvalue weighted by Gasteiger charge is -2.11. The molecule has 82 valence electrons. The maximum absolute atomic E-state index is 11.5. The van der Waals surface area contributed by atoms with Crippen LogP contribution in [-0.2, 0) is 4.74 Å². The number of aryl methyl sites for hydroxylation is 2. The summed E-state index contributed by atoms with van der Waals surface area (Å²) in [6, 6.07) is 3.66. The van der Waals surface area contributed by atoms with E-state index in [4.69, 9.17) is 9.47 Å². The second-order valence-electron chi connectivity index (χ2n) is 3.36. The maximum Gasteiger partial charge on any atom is 0.341 e. The van der Waals surface area contributed by atoms with Gasteiger partial charge in [0.2, 0.25) is 0 Å². The van der Waals surface area contributed by atoms with Crippen molar-refractivity contribution in [3.8, 4) is 5.75 Å². The smallest absolute Gasteiger partial charge is 0.341 e. The molecule has 0 spiro atoms. The van der Waals surface area contributed by atoms with Crippen LogP contribution in [0.25, 0.3) is 0 Å². The van der Waals surface area contributed by atoms with Crippen molar-refractivity contribution in [2.45, 2.75) is 20.8 Å². The van der Waals surface area contributed by atoms with E-state index in [9.17, 15) is 4.79 Å². The fraction of sp³-hybridized carbons (Fsp3) is 0.417. The Morgan fingerprint density at radius 1 is 1.27 bits per heavy atom. The standard InChI is InChI=1S/C12H16O3/c1-5-15-11-7-9(3)8(2)6-10(11)12(13)14-4/h6-7H,5H2,1-4H3. The van der Waals surface area contributed by atoms with Crippen molar-refractivity contribution in [1.29, 1.82) is 0 Å². The molecule has 0 aliphatic rings. The van der Waals surface area contributed by atoms with Crippen LogP contribution in [0.15, 0.2) is 12.1 Å². The average Bonchev–Trinajstić information content (AvgIpc) is 2.22. The molecule has 0 aliphatic carbocycles. The van der Waals surface area contributed by atoms with Crippen LogP contribution < -0.4 is 4.74 Å². The fourth-order valence-corrected chi connectivity index (χ4v) is 1.33. The summed E-state index contributed by atoms with van der Waals surface area (Å²) in [5.41, 5.74) is 2.65. The van der Waals surface area contributed by atoms with E-state index in [0.717, 1.165) is 11.1 Å². The Hall–Kier alpha value is -1.51. The molecule has 15 heavy (non-hydrogen) atoms. The van der Waals surface area contributed by atoms with Gasteiger partial charge in [0.05, 0.1) is 13.7 Å². The average molecular weight is 208 g/mol. The van der Waals surface area contributed by atoms with Crippen molar-refractivity contribution in [2.75, 3.05) is 13.7 Å². The summed E-state index contributed by atoms with van der Waals surface area (Å²) in [4.78, 5) is 11.5. The Morgan fingerprint density at radius 3 is 2.40 bits per heavy atom. The summed E-state index contributed by atoms with van der Waals surface area (Å²) >= 11 is 0. The summed E-state index contributed by atoms with van der Waals surface area (Å²) < 4.78 is 10.1. The number of rotatable bonds is 3. The van der Waals surface area contributed by atoms with Crippen LogP contribution in [0.4, 0.5) is 0 Å². The molecule has 0 unspecified atom stereocenters. The predicted octanol–water partition coefficient (Wildman–Crippen LogP) is 2.49. The van der Waals surface area contributed by atoms with Crippen molar-refractivity contribution in [1.82, 2.24) is 0 Å². The highest BCUT2D eigenvalue weighted by Gasteiger charge is 2.14. The number of carbonyl (C=O) groups is 1. The normalized spacial score (nSPS) is 9.87. The van der Waals surface area contributed by atoms with E-state index in [1.165, 1.54) is 7.11 Å². The lowest BCUT2D eigenvalue weighted by molar-refractivity contribution is 0.0596. The summed E-state index contributed by atoms with van der Waals surface area (Å²) in [6.07, 6.45) is 0. The lowest BCUT2D eigenvalue weighted by Crippen LogP contribution is -2.06. The summed E-state index contributed by atoms with van der Waals surface area (Å²) in [5.74, 6) is 0.231. The van der Waals surface area contributed by atoms with Gasteiger partial charge in [0, 0.05) is 0 Å². The van der Waals surface area contributed by atoms with Crippen LogP contribution in [0.1, 0.15) is 28.4 Å². The van der Waals surface area contributed by atoms with Gasteiger partial charge in [-0.05, 0) is 44.0 Å². The van der Waals surface area contributed by atoms with Gasteiger partial charge in [0.1, 0.15) is 11.3 Å². The molecule has 0 saturated heterocycles. The SMILES string of the molecule is CCOc1cc(C)c(C)cc1C(=O)OC. The largest absolute Gasteiger partial charge is 0.493 e. The molecule has 0 aliphatic heterocycles. The zero-order chi connectivity index (χ0) is 11.4. The molecule has 3 nitrogen and oxygen atoms in total. The zero-order valence-corrected chi connectivity index (χ0v) is 9.59. The Bertz CT molecular complexity index is 369. The number of benzene rings is 1. The number of methoxy groups -OCH3 is 1. The van der Waals surface area contributed by atoms with Gasteiger partial charge < -0.3 is 9.47 Å². The van der Waals surface area contributed by atoms with E-state index in [-0.39, 0.29) is 5.97 Å². The van der Waals surface area contributed by atoms with E-state index < -0.39 is 0 Å². The van der Waals surface area contributed by atoms with Crippen molar-refractivity contribution in [2.24, 2.45) is 0 Å². The minimum absolute atomic E-state index is 0.360. The number of hydrogen-bond donors (Lipinski definition) is 0. The summed E-state index contributed by atoms with van der Waals surface area (Å²) in [7, 11) is 1.37. The van der Waals surface area contributed by atoms with Gasteiger partial charge in [-0.3, -0.25) is 0 Å². The lowest BCUT2D eigenvalue weighted by atomic mass is 10.1. The van der Waals surface area contributed by atoms with Gasteiger partial charge in [-0.2, -0.15) is 0 Å². The highest BCUT2D eigenvalue weighted by Crippen LogP contribution is 2.23.